The van der Waals surface area contributed by atoms with Gasteiger partial charge in [0.15, 0.2) is 5.11 Å². The Bertz CT molecular complexity index is 1230. The molecule has 1 aliphatic carbocycles. The van der Waals surface area contributed by atoms with Gasteiger partial charge in [0.2, 0.25) is 0 Å². The Morgan fingerprint density at radius 3 is 2.67 bits per heavy atom. The number of pyridine rings is 1. The first-order valence-corrected chi connectivity index (χ1v) is 11.7. The normalized spacial score (nSPS) is 14.1. The summed E-state index contributed by atoms with van der Waals surface area (Å²) in [7, 11) is 1.36. The van der Waals surface area contributed by atoms with Crippen LogP contribution < -0.4 is 10.9 Å². The zero-order valence-corrected chi connectivity index (χ0v) is 19.8. The van der Waals surface area contributed by atoms with Crippen molar-refractivity contribution in [1.29, 1.82) is 0 Å². The van der Waals surface area contributed by atoms with Gasteiger partial charge in [0.1, 0.15) is 0 Å². The van der Waals surface area contributed by atoms with E-state index in [9.17, 15) is 9.59 Å². The first-order chi connectivity index (χ1) is 16.0. The molecule has 2 aromatic carbocycles. The number of rotatable bonds is 5. The van der Waals surface area contributed by atoms with Gasteiger partial charge in [-0.15, -0.1) is 0 Å². The molecule has 0 unspecified atom stereocenters. The van der Waals surface area contributed by atoms with Crippen LogP contribution >= 0.6 is 12.2 Å². The Kier molecular flexibility index (Phi) is 7.08. The number of para-hydroxylation sites is 1. The fourth-order valence-electron chi connectivity index (χ4n) is 4.49. The van der Waals surface area contributed by atoms with Crippen LogP contribution in [0.3, 0.4) is 0 Å². The first-order valence-electron chi connectivity index (χ1n) is 11.3. The molecule has 0 spiro atoms. The monoisotopic (exact) mass is 463 g/mol. The smallest absolute Gasteiger partial charge is 0.339 e. The Morgan fingerprint density at radius 1 is 1.15 bits per heavy atom. The molecule has 7 heteroatoms. The van der Waals surface area contributed by atoms with Gasteiger partial charge in [0.05, 0.1) is 24.9 Å². The minimum Gasteiger partial charge on any atom is -0.465 e. The first kappa shape index (κ1) is 23.0. The van der Waals surface area contributed by atoms with Gasteiger partial charge in [-0.05, 0) is 67.2 Å². The van der Waals surface area contributed by atoms with Crippen LogP contribution in [0.2, 0.25) is 0 Å². The van der Waals surface area contributed by atoms with Crippen molar-refractivity contribution >= 4 is 39.9 Å². The van der Waals surface area contributed by atoms with E-state index in [1.807, 2.05) is 43.3 Å². The number of ether oxygens (including phenoxy) is 1. The summed E-state index contributed by atoms with van der Waals surface area (Å²) in [6, 6.07) is 15.4. The third-order valence-corrected chi connectivity index (χ3v) is 6.61. The number of aromatic nitrogens is 1. The number of methoxy groups -OCH3 is 1. The van der Waals surface area contributed by atoms with E-state index in [4.69, 9.17) is 17.0 Å². The molecule has 172 valence electrons. The number of aromatic amines is 1. The molecule has 0 radical (unpaired) electrons. The lowest BCUT2D eigenvalue weighted by atomic mass is 9.94. The molecule has 4 rings (SSSR count). The van der Waals surface area contributed by atoms with Crippen molar-refractivity contribution in [3.8, 4) is 0 Å². The van der Waals surface area contributed by atoms with Gasteiger partial charge in [-0.25, -0.2) is 4.79 Å². The average molecular weight is 464 g/mol. The van der Waals surface area contributed by atoms with Crippen LogP contribution in [0.15, 0.2) is 53.3 Å². The zero-order chi connectivity index (χ0) is 23.4. The van der Waals surface area contributed by atoms with Crippen LogP contribution in [0.25, 0.3) is 10.9 Å². The van der Waals surface area contributed by atoms with Crippen molar-refractivity contribution in [3.05, 3.63) is 75.6 Å². The van der Waals surface area contributed by atoms with Crippen molar-refractivity contribution in [1.82, 2.24) is 9.88 Å². The molecule has 1 fully saturated rings. The summed E-state index contributed by atoms with van der Waals surface area (Å²) in [5.74, 6) is -0.425. The lowest BCUT2D eigenvalue weighted by molar-refractivity contribution is 0.0602. The number of benzene rings is 2. The molecule has 0 bridgehead atoms. The van der Waals surface area contributed by atoms with Crippen molar-refractivity contribution in [3.63, 3.8) is 0 Å². The van der Waals surface area contributed by atoms with E-state index >= 15 is 0 Å². The topological polar surface area (TPSA) is 74.4 Å². The lowest BCUT2D eigenvalue weighted by Gasteiger charge is -2.36. The number of H-pyrrole nitrogens is 1. The SMILES string of the molecule is COC(=O)c1ccccc1NC(=S)N(Cc1cc2ccc(C)cc2[nH]c1=O)C1CCCCC1. The fraction of sp³-hybridized carbons (Fsp3) is 0.346. The number of carbonyl (C=O) groups excluding carboxylic acids is 1. The molecule has 1 aliphatic rings. The maximum atomic E-state index is 12.9. The van der Waals surface area contributed by atoms with E-state index in [-0.39, 0.29) is 11.6 Å². The summed E-state index contributed by atoms with van der Waals surface area (Å²) in [5, 5.41) is 4.75. The molecule has 1 saturated carbocycles. The van der Waals surface area contributed by atoms with E-state index in [1.54, 1.807) is 12.1 Å². The molecule has 3 aromatic rings. The highest BCUT2D eigenvalue weighted by atomic mass is 32.1. The highest BCUT2D eigenvalue weighted by Crippen LogP contribution is 2.26. The van der Waals surface area contributed by atoms with Crippen LogP contribution in [0.1, 0.15) is 53.6 Å². The predicted octanol–water partition coefficient (Wildman–Crippen LogP) is 5.15. The number of thiocarbonyl (C=S) groups is 1. The molecule has 0 saturated heterocycles. The van der Waals surface area contributed by atoms with Gasteiger partial charge in [-0.3, -0.25) is 4.79 Å². The third-order valence-electron chi connectivity index (χ3n) is 6.27. The van der Waals surface area contributed by atoms with Crippen LogP contribution in [-0.2, 0) is 11.3 Å². The number of carbonyl (C=O) groups is 1. The highest BCUT2D eigenvalue weighted by Gasteiger charge is 2.25. The molecule has 33 heavy (non-hydrogen) atoms. The van der Waals surface area contributed by atoms with E-state index in [0.717, 1.165) is 42.1 Å². The number of hydrogen-bond acceptors (Lipinski definition) is 4. The lowest BCUT2D eigenvalue weighted by Crippen LogP contribution is -2.44. The summed E-state index contributed by atoms with van der Waals surface area (Å²) in [4.78, 5) is 30.3. The van der Waals surface area contributed by atoms with Crippen LogP contribution in [-0.4, -0.2) is 34.1 Å². The highest BCUT2D eigenvalue weighted by molar-refractivity contribution is 7.80. The molecule has 1 aromatic heterocycles. The zero-order valence-electron chi connectivity index (χ0n) is 19.0. The molecular formula is C26H29N3O3S. The predicted molar refractivity (Wildman–Crippen MR) is 136 cm³/mol. The summed E-state index contributed by atoms with van der Waals surface area (Å²) >= 11 is 5.83. The molecule has 0 amide bonds. The standard InChI is InChI=1S/C26H29N3O3S/c1-17-12-13-18-15-19(24(30)27-23(18)14-17)16-29(20-8-4-3-5-9-20)26(33)28-22-11-7-6-10-21(22)25(31)32-2/h6-7,10-15,20H,3-5,8-9,16H2,1-2H3,(H,27,30)(H,28,33). The number of nitrogens with zero attached hydrogens (tertiary/aromatic N) is 1. The van der Waals surface area contributed by atoms with E-state index < -0.39 is 5.97 Å². The van der Waals surface area contributed by atoms with Gasteiger partial charge in [0, 0.05) is 17.1 Å². The Balaban J connectivity index is 1.65. The fourth-order valence-corrected chi connectivity index (χ4v) is 4.81. The second-order valence-corrected chi connectivity index (χ2v) is 8.99. The molecule has 0 aliphatic heterocycles. The molecule has 2 N–H and O–H groups in total. The Hall–Kier alpha value is -3.19. The summed E-state index contributed by atoms with van der Waals surface area (Å²) < 4.78 is 4.91. The van der Waals surface area contributed by atoms with Gasteiger partial charge in [-0.1, -0.05) is 43.5 Å². The Morgan fingerprint density at radius 2 is 1.91 bits per heavy atom. The average Bonchev–Trinajstić information content (AvgIpc) is 2.83. The van der Waals surface area contributed by atoms with Crippen LogP contribution in [0.4, 0.5) is 5.69 Å². The number of nitrogens with one attached hydrogen (secondary N) is 2. The second kappa shape index (κ2) is 10.2. The summed E-state index contributed by atoms with van der Waals surface area (Å²) in [6.45, 7) is 2.41. The molecule has 0 atom stereocenters. The van der Waals surface area contributed by atoms with Gasteiger partial charge in [-0.2, -0.15) is 0 Å². The minimum absolute atomic E-state index is 0.105. The summed E-state index contributed by atoms with van der Waals surface area (Å²) in [5.41, 5.74) is 3.52. The molecule has 6 nitrogen and oxygen atoms in total. The summed E-state index contributed by atoms with van der Waals surface area (Å²) in [6.07, 6.45) is 5.52. The quantitative estimate of drug-likeness (QED) is 0.402. The van der Waals surface area contributed by atoms with Crippen LogP contribution in [0, 0.1) is 6.92 Å². The van der Waals surface area contributed by atoms with Gasteiger partial charge < -0.3 is 19.9 Å². The maximum absolute atomic E-state index is 12.9. The van der Waals surface area contributed by atoms with E-state index in [1.165, 1.54) is 13.5 Å². The number of anilines is 1. The van der Waals surface area contributed by atoms with Gasteiger partial charge in [0.25, 0.3) is 5.56 Å². The van der Waals surface area contributed by atoms with Crippen molar-refractivity contribution < 1.29 is 9.53 Å². The number of aryl methyl sites for hydroxylation is 1. The second-order valence-electron chi connectivity index (χ2n) is 8.60. The third kappa shape index (κ3) is 5.25. The van der Waals surface area contributed by atoms with Crippen LogP contribution in [0.5, 0.6) is 0 Å². The molecule has 1 heterocycles. The maximum Gasteiger partial charge on any atom is 0.339 e. The van der Waals surface area contributed by atoms with Crippen molar-refractivity contribution in [2.24, 2.45) is 0 Å². The van der Waals surface area contributed by atoms with E-state index in [2.05, 4.69) is 15.2 Å². The minimum atomic E-state index is -0.425. The Labute approximate surface area is 199 Å². The molecular weight excluding hydrogens is 434 g/mol. The number of fused-ring (bicyclic) bond motifs is 1. The van der Waals surface area contributed by atoms with Crippen molar-refractivity contribution in [2.75, 3.05) is 12.4 Å². The van der Waals surface area contributed by atoms with E-state index in [0.29, 0.717) is 28.5 Å². The van der Waals surface area contributed by atoms with Gasteiger partial charge >= 0.3 is 5.97 Å². The largest absolute Gasteiger partial charge is 0.465 e. The number of esters is 1. The van der Waals surface area contributed by atoms with Crippen molar-refractivity contribution in [2.45, 2.75) is 51.6 Å². The number of hydrogen-bond donors (Lipinski definition) is 2.